The highest BCUT2D eigenvalue weighted by molar-refractivity contribution is 5.69. The van der Waals surface area contributed by atoms with Gasteiger partial charge in [0.05, 0.1) is 6.61 Å². The zero-order chi connectivity index (χ0) is 33.4. The Morgan fingerprint density at radius 3 is 1.09 bits per heavy atom. The highest BCUT2D eigenvalue weighted by atomic mass is 16.5. The van der Waals surface area contributed by atoms with Gasteiger partial charge in [0, 0.05) is 6.42 Å². The van der Waals surface area contributed by atoms with E-state index in [1.165, 1.54) is 218 Å². The molecule has 0 rings (SSSR count). The maximum Gasteiger partial charge on any atom is 0.305 e. The smallest absolute Gasteiger partial charge is 0.305 e. The molecule has 1 unspecified atom stereocenters. The van der Waals surface area contributed by atoms with Crippen molar-refractivity contribution in [3.8, 4) is 0 Å². The molecule has 0 aliphatic carbocycles. The number of hydrogen-bond donors (Lipinski definition) is 0. The summed E-state index contributed by atoms with van der Waals surface area (Å²) in [5.74, 6) is 0.629. The Morgan fingerprint density at radius 1 is 0.413 bits per heavy atom. The van der Waals surface area contributed by atoms with Crippen LogP contribution in [0.5, 0.6) is 0 Å². The van der Waals surface area contributed by atoms with E-state index in [2.05, 4.69) is 32.9 Å². The van der Waals surface area contributed by atoms with E-state index in [1.54, 1.807) is 0 Å². The minimum absolute atomic E-state index is 0.0529. The lowest BCUT2D eigenvalue weighted by Gasteiger charge is -2.17. The van der Waals surface area contributed by atoms with Crippen LogP contribution in [0.4, 0.5) is 0 Å². The summed E-state index contributed by atoms with van der Waals surface area (Å²) in [5.41, 5.74) is 0. The van der Waals surface area contributed by atoms with Crippen molar-refractivity contribution in [2.45, 2.75) is 252 Å². The van der Waals surface area contributed by atoms with Crippen molar-refractivity contribution in [2.24, 2.45) is 5.92 Å². The SMILES string of the molecule is CCCCCCCC/C=C\CCCCCCCCCCCCCC(=O)OCC(CCCCCCCC)CCCCCCCCCC. The van der Waals surface area contributed by atoms with Gasteiger partial charge in [-0.3, -0.25) is 4.79 Å². The van der Waals surface area contributed by atoms with Crippen molar-refractivity contribution in [3.63, 3.8) is 0 Å². The van der Waals surface area contributed by atoms with Gasteiger partial charge in [0.1, 0.15) is 0 Å². The third kappa shape index (κ3) is 37.7. The molecule has 46 heavy (non-hydrogen) atoms. The van der Waals surface area contributed by atoms with Crippen molar-refractivity contribution in [1.29, 1.82) is 0 Å². The summed E-state index contributed by atoms with van der Waals surface area (Å²) in [7, 11) is 0. The summed E-state index contributed by atoms with van der Waals surface area (Å²) in [6.07, 6.45) is 52.5. The van der Waals surface area contributed by atoms with Crippen LogP contribution < -0.4 is 0 Å². The standard InChI is InChI=1S/C44H86O2/c1-4-7-10-13-16-18-19-20-21-22-23-24-25-26-27-28-29-30-32-35-38-41-44(45)46-42-43(39-36-33-15-12-9-6-3)40-37-34-31-17-14-11-8-5-2/h20-21,43H,4-19,22-42H2,1-3H3/b21-20-. The van der Waals surface area contributed by atoms with Crippen LogP contribution in [-0.4, -0.2) is 12.6 Å². The van der Waals surface area contributed by atoms with E-state index in [0.29, 0.717) is 18.9 Å². The highest BCUT2D eigenvalue weighted by Crippen LogP contribution is 2.21. The third-order valence-corrected chi connectivity index (χ3v) is 10.1. The zero-order valence-electron chi connectivity index (χ0n) is 32.2. The fourth-order valence-corrected chi connectivity index (χ4v) is 6.77. The van der Waals surface area contributed by atoms with E-state index < -0.39 is 0 Å². The normalized spacial score (nSPS) is 12.3. The Balaban J connectivity index is 3.71. The van der Waals surface area contributed by atoms with Gasteiger partial charge in [-0.15, -0.1) is 0 Å². The van der Waals surface area contributed by atoms with Crippen molar-refractivity contribution in [1.82, 2.24) is 0 Å². The molecule has 1 atom stereocenters. The van der Waals surface area contributed by atoms with Crippen molar-refractivity contribution in [3.05, 3.63) is 12.2 Å². The predicted molar refractivity (Wildman–Crippen MR) is 207 cm³/mol. The maximum absolute atomic E-state index is 12.5. The van der Waals surface area contributed by atoms with E-state index in [9.17, 15) is 4.79 Å². The van der Waals surface area contributed by atoms with Gasteiger partial charge >= 0.3 is 5.97 Å². The molecule has 0 saturated carbocycles. The molecular formula is C44H86O2. The Kier molecular flexibility index (Phi) is 39.7. The van der Waals surface area contributed by atoms with Crippen LogP contribution in [0.1, 0.15) is 252 Å². The fraction of sp³-hybridized carbons (Fsp3) is 0.932. The second-order valence-electron chi connectivity index (χ2n) is 14.8. The maximum atomic E-state index is 12.5. The molecule has 2 heteroatoms. The topological polar surface area (TPSA) is 26.3 Å². The first-order valence-electron chi connectivity index (χ1n) is 21.5. The quantitative estimate of drug-likeness (QED) is 0.0377. The van der Waals surface area contributed by atoms with Gasteiger partial charge in [-0.1, -0.05) is 213 Å². The van der Waals surface area contributed by atoms with E-state index in [-0.39, 0.29) is 5.97 Å². The predicted octanol–water partition coefficient (Wildman–Crippen LogP) is 15.8. The molecule has 0 bridgehead atoms. The molecule has 0 radical (unpaired) electrons. The number of esters is 1. The molecule has 2 nitrogen and oxygen atoms in total. The van der Waals surface area contributed by atoms with Gasteiger partial charge in [-0.2, -0.15) is 0 Å². The lowest BCUT2D eigenvalue weighted by Crippen LogP contribution is -2.14. The van der Waals surface area contributed by atoms with E-state index in [4.69, 9.17) is 4.74 Å². The number of ether oxygens (including phenoxy) is 1. The van der Waals surface area contributed by atoms with Crippen molar-refractivity contribution in [2.75, 3.05) is 6.61 Å². The lowest BCUT2D eigenvalue weighted by molar-refractivity contribution is -0.145. The van der Waals surface area contributed by atoms with Crippen LogP contribution >= 0.6 is 0 Å². The van der Waals surface area contributed by atoms with Gasteiger partial charge in [0.25, 0.3) is 0 Å². The van der Waals surface area contributed by atoms with Gasteiger partial charge in [0.2, 0.25) is 0 Å². The molecule has 0 heterocycles. The lowest BCUT2D eigenvalue weighted by atomic mass is 9.94. The number of unbranched alkanes of at least 4 members (excludes halogenated alkanes) is 29. The summed E-state index contributed by atoms with van der Waals surface area (Å²) < 4.78 is 5.82. The Bertz CT molecular complexity index is 597. The average Bonchev–Trinajstić information content (AvgIpc) is 3.06. The first kappa shape index (κ1) is 45.2. The van der Waals surface area contributed by atoms with Crippen LogP contribution in [0.25, 0.3) is 0 Å². The average molecular weight is 647 g/mol. The molecule has 0 fully saturated rings. The molecule has 0 aliphatic rings. The molecular weight excluding hydrogens is 560 g/mol. The number of carbonyl (C=O) groups excluding carboxylic acids is 1. The first-order chi connectivity index (χ1) is 22.7. The number of carbonyl (C=O) groups is 1. The molecule has 0 aromatic carbocycles. The van der Waals surface area contributed by atoms with Gasteiger partial charge in [0.15, 0.2) is 0 Å². The number of allylic oxidation sites excluding steroid dienone is 2. The largest absolute Gasteiger partial charge is 0.465 e. The molecule has 0 aliphatic heterocycles. The van der Waals surface area contributed by atoms with Crippen LogP contribution in [0.2, 0.25) is 0 Å². The summed E-state index contributed by atoms with van der Waals surface area (Å²) in [6.45, 7) is 7.53. The van der Waals surface area contributed by atoms with E-state index in [0.717, 1.165) is 6.42 Å². The van der Waals surface area contributed by atoms with Crippen LogP contribution in [-0.2, 0) is 9.53 Å². The summed E-state index contributed by atoms with van der Waals surface area (Å²) in [6, 6.07) is 0. The molecule has 0 aromatic heterocycles. The molecule has 0 amide bonds. The molecule has 0 saturated heterocycles. The molecule has 0 spiro atoms. The van der Waals surface area contributed by atoms with E-state index >= 15 is 0 Å². The van der Waals surface area contributed by atoms with Crippen LogP contribution in [0.3, 0.4) is 0 Å². The van der Waals surface area contributed by atoms with Crippen LogP contribution in [0.15, 0.2) is 12.2 Å². The minimum atomic E-state index is 0.0529. The third-order valence-electron chi connectivity index (χ3n) is 10.1. The van der Waals surface area contributed by atoms with Crippen molar-refractivity contribution >= 4 is 5.97 Å². The van der Waals surface area contributed by atoms with Crippen LogP contribution in [0, 0.1) is 5.92 Å². The zero-order valence-corrected chi connectivity index (χ0v) is 32.2. The van der Waals surface area contributed by atoms with Gasteiger partial charge in [-0.05, 0) is 50.9 Å². The summed E-state index contributed by atoms with van der Waals surface area (Å²) in [5, 5.41) is 0. The summed E-state index contributed by atoms with van der Waals surface area (Å²) >= 11 is 0. The van der Waals surface area contributed by atoms with Crippen molar-refractivity contribution < 1.29 is 9.53 Å². The van der Waals surface area contributed by atoms with Gasteiger partial charge < -0.3 is 4.74 Å². The summed E-state index contributed by atoms with van der Waals surface area (Å²) in [4.78, 5) is 12.5. The monoisotopic (exact) mass is 647 g/mol. The fourth-order valence-electron chi connectivity index (χ4n) is 6.77. The molecule has 0 N–H and O–H groups in total. The second-order valence-corrected chi connectivity index (χ2v) is 14.8. The second kappa shape index (κ2) is 40.4. The van der Waals surface area contributed by atoms with E-state index in [1.807, 2.05) is 0 Å². The Labute approximate surface area is 291 Å². The molecule has 0 aromatic rings. The Hall–Kier alpha value is -0.790. The minimum Gasteiger partial charge on any atom is -0.465 e. The molecule has 274 valence electrons. The Morgan fingerprint density at radius 2 is 0.717 bits per heavy atom. The number of hydrogen-bond acceptors (Lipinski definition) is 2. The highest BCUT2D eigenvalue weighted by Gasteiger charge is 2.12. The number of rotatable bonds is 39. The first-order valence-corrected chi connectivity index (χ1v) is 21.5. The van der Waals surface area contributed by atoms with Gasteiger partial charge in [-0.25, -0.2) is 0 Å².